The Morgan fingerprint density at radius 1 is 1.36 bits per heavy atom. The molecule has 1 aromatic rings. The summed E-state index contributed by atoms with van der Waals surface area (Å²) in [6.07, 6.45) is 2.23. The van der Waals surface area contributed by atoms with E-state index in [-0.39, 0.29) is 30.4 Å². The maximum absolute atomic E-state index is 14.1. The number of esters is 1. The number of nitrogens with zero attached hydrogens (tertiary/aromatic N) is 2. The van der Waals surface area contributed by atoms with E-state index in [1.165, 1.54) is 6.07 Å². The number of ether oxygens (including phenoxy) is 1. The molecule has 1 saturated heterocycles. The number of benzene rings is 1. The molecule has 0 aromatic heterocycles. The van der Waals surface area contributed by atoms with E-state index in [9.17, 15) is 14.0 Å². The van der Waals surface area contributed by atoms with Crippen molar-refractivity contribution in [3.63, 3.8) is 0 Å². The second-order valence-electron chi connectivity index (χ2n) is 7.43. The lowest BCUT2D eigenvalue weighted by Crippen LogP contribution is -2.51. The molecule has 1 aromatic carbocycles. The van der Waals surface area contributed by atoms with Crippen LogP contribution in [0.3, 0.4) is 0 Å². The minimum absolute atomic E-state index is 0.0315. The van der Waals surface area contributed by atoms with Crippen molar-refractivity contribution >= 4 is 17.6 Å². The van der Waals surface area contributed by atoms with Crippen molar-refractivity contribution in [2.45, 2.75) is 52.1 Å². The molecule has 0 saturated carbocycles. The van der Waals surface area contributed by atoms with Crippen LogP contribution in [0.2, 0.25) is 0 Å². The van der Waals surface area contributed by atoms with Crippen LogP contribution in [0, 0.1) is 11.2 Å². The molecule has 0 radical (unpaired) electrons. The van der Waals surface area contributed by atoms with Gasteiger partial charge in [0.15, 0.2) is 0 Å². The maximum atomic E-state index is 14.1. The summed E-state index contributed by atoms with van der Waals surface area (Å²) in [5.41, 5.74) is 0.144. The first-order valence-corrected chi connectivity index (χ1v) is 9.91. The van der Waals surface area contributed by atoms with Gasteiger partial charge in [-0.05, 0) is 25.8 Å². The molecular formula is C21H27FN2O4. The SMILES string of the molecule is CCOC(=O)[C@]1(C[C@@H]2CC(c3ccccc3F)=NO2)CCCN(C(=O)CC)C1. The fraction of sp³-hybridized carbons (Fsp3) is 0.571. The highest BCUT2D eigenvalue weighted by Crippen LogP contribution is 2.39. The van der Waals surface area contributed by atoms with Crippen molar-refractivity contribution in [2.24, 2.45) is 10.6 Å². The molecule has 0 N–H and O–H groups in total. The number of halogens is 1. The van der Waals surface area contributed by atoms with Gasteiger partial charge in [-0.1, -0.05) is 30.3 Å². The van der Waals surface area contributed by atoms with E-state index in [0.717, 1.165) is 6.42 Å². The molecular weight excluding hydrogens is 363 g/mol. The van der Waals surface area contributed by atoms with E-state index in [1.807, 2.05) is 6.92 Å². The molecule has 0 bridgehead atoms. The number of carbonyl (C=O) groups excluding carboxylic acids is 2. The Balaban J connectivity index is 1.75. The number of rotatable bonds is 6. The molecule has 3 rings (SSSR count). The average molecular weight is 390 g/mol. The molecule has 2 atom stereocenters. The van der Waals surface area contributed by atoms with Crippen molar-refractivity contribution in [1.82, 2.24) is 4.90 Å². The number of carbonyl (C=O) groups is 2. The van der Waals surface area contributed by atoms with Crippen LogP contribution < -0.4 is 0 Å². The van der Waals surface area contributed by atoms with Crippen LogP contribution in [0.15, 0.2) is 29.4 Å². The van der Waals surface area contributed by atoms with Crippen LogP contribution in [0.25, 0.3) is 0 Å². The number of oxime groups is 1. The van der Waals surface area contributed by atoms with Gasteiger partial charge in [0.25, 0.3) is 0 Å². The first-order chi connectivity index (χ1) is 13.5. The molecule has 28 heavy (non-hydrogen) atoms. The summed E-state index contributed by atoms with van der Waals surface area (Å²) < 4.78 is 19.4. The molecule has 2 aliphatic heterocycles. The van der Waals surface area contributed by atoms with E-state index >= 15 is 0 Å². The molecule has 1 amide bonds. The van der Waals surface area contributed by atoms with Gasteiger partial charge in [-0.25, -0.2) is 4.39 Å². The maximum Gasteiger partial charge on any atom is 0.314 e. The highest BCUT2D eigenvalue weighted by Gasteiger charge is 2.47. The number of amides is 1. The van der Waals surface area contributed by atoms with Gasteiger partial charge in [-0.3, -0.25) is 9.59 Å². The topological polar surface area (TPSA) is 68.2 Å². The highest BCUT2D eigenvalue weighted by molar-refractivity contribution is 6.01. The number of piperidine rings is 1. The Bertz CT molecular complexity index is 767. The summed E-state index contributed by atoms with van der Waals surface area (Å²) in [5, 5.41) is 4.06. The smallest absolute Gasteiger partial charge is 0.314 e. The lowest BCUT2D eigenvalue weighted by atomic mass is 9.74. The van der Waals surface area contributed by atoms with E-state index in [0.29, 0.717) is 50.0 Å². The zero-order valence-electron chi connectivity index (χ0n) is 16.4. The van der Waals surface area contributed by atoms with Crippen molar-refractivity contribution in [2.75, 3.05) is 19.7 Å². The Morgan fingerprint density at radius 2 is 2.14 bits per heavy atom. The van der Waals surface area contributed by atoms with Gasteiger partial charge in [0.2, 0.25) is 5.91 Å². The summed E-state index contributed by atoms with van der Waals surface area (Å²) in [6, 6.07) is 6.44. The van der Waals surface area contributed by atoms with E-state index < -0.39 is 5.41 Å². The van der Waals surface area contributed by atoms with Crippen molar-refractivity contribution in [3.05, 3.63) is 35.6 Å². The molecule has 2 aliphatic rings. The van der Waals surface area contributed by atoms with Gasteiger partial charge in [0, 0.05) is 37.9 Å². The molecule has 152 valence electrons. The number of likely N-dealkylation sites (tertiary alicyclic amines) is 1. The summed E-state index contributed by atoms with van der Waals surface area (Å²) in [4.78, 5) is 32.4. The van der Waals surface area contributed by atoms with Crippen LogP contribution in [0.5, 0.6) is 0 Å². The van der Waals surface area contributed by atoms with Crippen molar-refractivity contribution in [1.29, 1.82) is 0 Å². The van der Waals surface area contributed by atoms with Crippen LogP contribution in [-0.4, -0.2) is 48.3 Å². The molecule has 7 heteroatoms. The molecule has 2 heterocycles. The predicted molar refractivity (Wildman–Crippen MR) is 102 cm³/mol. The Morgan fingerprint density at radius 3 is 2.86 bits per heavy atom. The van der Waals surface area contributed by atoms with Gasteiger partial charge in [0.05, 0.1) is 17.7 Å². The lowest BCUT2D eigenvalue weighted by molar-refractivity contribution is -0.163. The second-order valence-corrected chi connectivity index (χ2v) is 7.43. The van der Waals surface area contributed by atoms with Crippen LogP contribution in [0.1, 0.15) is 51.5 Å². The molecule has 6 nitrogen and oxygen atoms in total. The molecule has 1 fully saturated rings. The minimum Gasteiger partial charge on any atom is -0.466 e. The highest BCUT2D eigenvalue weighted by atomic mass is 19.1. The van der Waals surface area contributed by atoms with Crippen LogP contribution >= 0.6 is 0 Å². The van der Waals surface area contributed by atoms with E-state index in [4.69, 9.17) is 9.57 Å². The van der Waals surface area contributed by atoms with Gasteiger partial charge in [-0.15, -0.1) is 0 Å². The average Bonchev–Trinajstić information content (AvgIpc) is 3.16. The summed E-state index contributed by atoms with van der Waals surface area (Å²) in [5.74, 6) is -0.612. The molecule has 0 spiro atoms. The number of hydrogen-bond donors (Lipinski definition) is 0. The molecule has 0 aliphatic carbocycles. The van der Waals surface area contributed by atoms with Gasteiger partial charge >= 0.3 is 5.97 Å². The fourth-order valence-corrected chi connectivity index (χ4v) is 4.10. The summed E-state index contributed by atoms with van der Waals surface area (Å²) in [6.45, 7) is 4.85. The first kappa shape index (κ1) is 20.3. The Labute approximate surface area is 164 Å². The monoisotopic (exact) mass is 390 g/mol. The third-order valence-corrected chi connectivity index (χ3v) is 5.48. The fourth-order valence-electron chi connectivity index (χ4n) is 4.10. The Hall–Kier alpha value is -2.44. The zero-order chi connectivity index (χ0) is 20.1. The lowest BCUT2D eigenvalue weighted by Gasteiger charge is -2.41. The van der Waals surface area contributed by atoms with Crippen molar-refractivity contribution < 1.29 is 23.6 Å². The standard InChI is InChI=1S/C21H27FN2O4/c1-3-19(25)24-11-7-10-21(14-24,20(26)27-4-2)13-15-12-18(23-28-15)16-8-5-6-9-17(16)22/h5-6,8-9,15H,3-4,7,10-14H2,1-2H3/t15-,21-/m0/s1. The normalized spacial score (nSPS) is 24.5. The number of hydrogen-bond acceptors (Lipinski definition) is 5. The molecule has 0 unspecified atom stereocenters. The quantitative estimate of drug-likeness (QED) is 0.699. The van der Waals surface area contributed by atoms with E-state index in [2.05, 4.69) is 5.16 Å². The first-order valence-electron chi connectivity index (χ1n) is 9.91. The summed E-state index contributed by atoms with van der Waals surface area (Å²) in [7, 11) is 0. The zero-order valence-corrected chi connectivity index (χ0v) is 16.4. The van der Waals surface area contributed by atoms with Gasteiger partial charge in [0.1, 0.15) is 11.9 Å². The van der Waals surface area contributed by atoms with Crippen LogP contribution in [0.4, 0.5) is 4.39 Å². The van der Waals surface area contributed by atoms with Gasteiger partial charge in [-0.2, -0.15) is 0 Å². The largest absolute Gasteiger partial charge is 0.466 e. The van der Waals surface area contributed by atoms with E-state index in [1.54, 1.807) is 30.0 Å². The summed E-state index contributed by atoms with van der Waals surface area (Å²) >= 11 is 0. The predicted octanol–water partition coefficient (Wildman–Crippen LogP) is 3.29. The second kappa shape index (κ2) is 8.71. The van der Waals surface area contributed by atoms with Crippen LogP contribution in [-0.2, 0) is 19.2 Å². The van der Waals surface area contributed by atoms with Crippen molar-refractivity contribution in [3.8, 4) is 0 Å². The Kier molecular flexibility index (Phi) is 6.31. The van der Waals surface area contributed by atoms with Gasteiger partial charge < -0.3 is 14.5 Å². The third kappa shape index (κ3) is 4.18. The third-order valence-electron chi connectivity index (χ3n) is 5.48. The minimum atomic E-state index is -0.816.